The Morgan fingerprint density at radius 2 is 2.15 bits per heavy atom. The number of carbonyl (C=O) groups excluding carboxylic acids is 1. The van der Waals surface area contributed by atoms with Gasteiger partial charge in [-0.2, -0.15) is 0 Å². The topological polar surface area (TPSA) is 52.6 Å². The summed E-state index contributed by atoms with van der Waals surface area (Å²) in [5.74, 6) is -0.426. The van der Waals surface area contributed by atoms with Gasteiger partial charge in [-0.05, 0) is 24.1 Å². The molecule has 4 nitrogen and oxygen atoms in total. The Bertz CT molecular complexity index is 491. The number of halogens is 1. The molecule has 2 N–H and O–H groups in total. The molecule has 1 aromatic carbocycles. The summed E-state index contributed by atoms with van der Waals surface area (Å²) in [5.41, 5.74) is 1.54. The van der Waals surface area contributed by atoms with Crippen LogP contribution in [0.25, 0.3) is 0 Å². The predicted octanol–water partition coefficient (Wildman–Crippen LogP) is 1.46. The van der Waals surface area contributed by atoms with Crippen molar-refractivity contribution in [2.24, 2.45) is 0 Å². The minimum absolute atomic E-state index is 0.0632. The Balaban J connectivity index is 2.11. The summed E-state index contributed by atoms with van der Waals surface area (Å²) in [5, 5.41) is 13.1. The maximum Gasteiger partial charge on any atom is 0.227 e. The number of anilines is 1. The van der Waals surface area contributed by atoms with Crippen molar-refractivity contribution in [2.45, 2.75) is 38.8 Å². The van der Waals surface area contributed by atoms with E-state index in [2.05, 4.69) is 5.32 Å². The first-order chi connectivity index (χ1) is 9.47. The first-order valence-electron chi connectivity index (χ1n) is 6.97. The number of amides is 1. The van der Waals surface area contributed by atoms with E-state index in [-0.39, 0.29) is 24.3 Å². The molecular formula is C15H21FN2O2. The smallest absolute Gasteiger partial charge is 0.227 e. The summed E-state index contributed by atoms with van der Waals surface area (Å²) in [4.78, 5) is 13.5. The molecule has 1 aromatic rings. The van der Waals surface area contributed by atoms with Gasteiger partial charge in [-0.1, -0.05) is 19.9 Å². The maximum absolute atomic E-state index is 13.4. The molecule has 1 aliphatic heterocycles. The minimum Gasteiger partial charge on any atom is -0.390 e. The maximum atomic E-state index is 13.4. The number of hydrogen-bond donors (Lipinski definition) is 2. The van der Waals surface area contributed by atoms with Crippen LogP contribution in [0.4, 0.5) is 10.1 Å². The van der Waals surface area contributed by atoms with Crippen LogP contribution >= 0.6 is 0 Å². The largest absolute Gasteiger partial charge is 0.390 e. The summed E-state index contributed by atoms with van der Waals surface area (Å²) < 4.78 is 13.4. The minimum atomic E-state index is -0.671. The number of rotatable bonds is 5. The highest BCUT2D eigenvalue weighted by Crippen LogP contribution is 2.28. The molecule has 0 aromatic heterocycles. The molecule has 2 rings (SSSR count). The zero-order chi connectivity index (χ0) is 14.7. The van der Waals surface area contributed by atoms with Crippen molar-refractivity contribution in [1.29, 1.82) is 0 Å². The highest BCUT2D eigenvalue weighted by atomic mass is 19.1. The number of nitrogens with one attached hydrogen (secondary N) is 1. The van der Waals surface area contributed by atoms with Crippen molar-refractivity contribution in [1.82, 2.24) is 5.32 Å². The normalized spacial score (nSPS) is 16.4. The van der Waals surface area contributed by atoms with Gasteiger partial charge in [-0.15, -0.1) is 0 Å². The average Bonchev–Trinajstić information content (AvgIpc) is 2.40. The zero-order valence-electron chi connectivity index (χ0n) is 11.9. The molecule has 0 saturated heterocycles. The quantitative estimate of drug-likeness (QED) is 0.858. The van der Waals surface area contributed by atoms with E-state index in [9.17, 15) is 14.3 Å². The molecule has 0 aliphatic carbocycles. The molecule has 1 atom stereocenters. The molecule has 0 radical (unpaired) electrons. The third kappa shape index (κ3) is 3.55. The summed E-state index contributed by atoms with van der Waals surface area (Å²) in [7, 11) is 0. The van der Waals surface area contributed by atoms with Crippen LogP contribution < -0.4 is 10.2 Å². The molecule has 20 heavy (non-hydrogen) atoms. The average molecular weight is 280 g/mol. The molecule has 110 valence electrons. The molecule has 5 heteroatoms. The Labute approximate surface area is 118 Å². The van der Waals surface area contributed by atoms with Crippen LogP contribution in [0.1, 0.15) is 25.8 Å². The van der Waals surface area contributed by atoms with Gasteiger partial charge in [0, 0.05) is 24.7 Å². The number of aliphatic hydroxyl groups is 1. The van der Waals surface area contributed by atoms with E-state index in [1.54, 1.807) is 6.07 Å². The monoisotopic (exact) mass is 280 g/mol. The second-order valence-corrected chi connectivity index (χ2v) is 5.49. The number of β-amino-alcohol motifs (C(OH)–C–C–N with tert-alkyl or cyclic N) is 1. The molecular weight excluding hydrogens is 259 g/mol. The SMILES string of the molecule is CC(C)NCC(O)CN1C(=O)CCc2ccc(F)cc21. The molecule has 0 bridgehead atoms. The fourth-order valence-electron chi connectivity index (χ4n) is 2.36. The van der Waals surface area contributed by atoms with E-state index in [1.165, 1.54) is 17.0 Å². The van der Waals surface area contributed by atoms with Gasteiger partial charge in [0.1, 0.15) is 5.82 Å². The highest BCUT2D eigenvalue weighted by Gasteiger charge is 2.26. The van der Waals surface area contributed by atoms with Crippen molar-refractivity contribution in [3.8, 4) is 0 Å². The van der Waals surface area contributed by atoms with E-state index < -0.39 is 6.10 Å². The number of aryl methyl sites for hydroxylation is 1. The summed E-state index contributed by atoms with van der Waals surface area (Å²) >= 11 is 0. The lowest BCUT2D eigenvalue weighted by Gasteiger charge is -2.31. The van der Waals surface area contributed by atoms with Gasteiger partial charge >= 0.3 is 0 Å². The second-order valence-electron chi connectivity index (χ2n) is 5.49. The molecule has 0 spiro atoms. The molecule has 0 fully saturated rings. The fourth-order valence-corrected chi connectivity index (χ4v) is 2.36. The number of benzene rings is 1. The first-order valence-corrected chi connectivity index (χ1v) is 6.97. The third-order valence-corrected chi connectivity index (χ3v) is 3.40. The zero-order valence-corrected chi connectivity index (χ0v) is 11.9. The molecule has 1 amide bonds. The van der Waals surface area contributed by atoms with Crippen molar-refractivity contribution >= 4 is 11.6 Å². The number of carbonyl (C=O) groups is 1. The van der Waals surface area contributed by atoms with Crippen LogP contribution in [-0.4, -0.2) is 36.2 Å². The van der Waals surface area contributed by atoms with E-state index in [4.69, 9.17) is 0 Å². The van der Waals surface area contributed by atoms with Gasteiger partial charge in [0.15, 0.2) is 0 Å². The number of fused-ring (bicyclic) bond motifs is 1. The van der Waals surface area contributed by atoms with Crippen LogP contribution in [0, 0.1) is 5.82 Å². The van der Waals surface area contributed by atoms with Crippen LogP contribution in [-0.2, 0) is 11.2 Å². The van der Waals surface area contributed by atoms with Gasteiger partial charge in [-0.3, -0.25) is 4.79 Å². The Morgan fingerprint density at radius 3 is 2.85 bits per heavy atom. The van der Waals surface area contributed by atoms with Crippen molar-refractivity contribution < 1.29 is 14.3 Å². The lowest BCUT2D eigenvalue weighted by atomic mass is 10.0. The Hall–Kier alpha value is -1.46. The summed E-state index contributed by atoms with van der Waals surface area (Å²) in [6, 6.07) is 4.76. The lowest BCUT2D eigenvalue weighted by Crippen LogP contribution is -2.44. The van der Waals surface area contributed by atoms with Crippen LogP contribution in [0.2, 0.25) is 0 Å². The van der Waals surface area contributed by atoms with Crippen LogP contribution in [0.3, 0.4) is 0 Å². The summed E-state index contributed by atoms with van der Waals surface area (Å²) in [6.07, 6.45) is 0.365. The van der Waals surface area contributed by atoms with Crippen LogP contribution in [0.15, 0.2) is 18.2 Å². The van der Waals surface area contributed by atoms with E-state index in [0.717, 1.165) is 5.56 Å². The predicted molar refractivity (Wildman–Crippen MR) is 76.2 cm³/mol. The first kappa shape index (κ1) is 14.9. The third-order valence-electron chi connectivity index (χ3n) is 3.40. The lowest BCUT2D eigenvalue weighted by molar-refractivity contribution is -0.119. The second kappa shape index (κ2) is 6.33. The van der Waals surface area contributed by atoms with E-state index in [1.807, 2.05) is 13.8 Å². The van der Waals surface area contributed by atoms with Gasteiger partial charge in [-0.25, -0.2) is 4.39 Å². The number of hydrogen-bond acceptors (Lipinski definition) is 3. The van der Waals surface area contributed by atoms with Crippen LogP contribution in [0.5, 0.6) is 0 Å². The Morgan fingerprint density at radius 1 is 1.40 bits per heavy atom. The number of nitrogens with zero attached hydrogens (tertiary/aromatic N) is 1. The number of aliphatic hydroxyl groups excluding tert-OH is 1. The van der Waals surface area contributed by atoms with E-state index in [0.29, 0.717) is 25.1 Å². The fraction of sp³-hybridized carbons (Fsp3) is 0.533. The molecule has 0 saturated carbocycles. The van der Waals surface area contributed by atoms with Gasteiger partial charge < -0.3 is 15.3 Å². The Kier molecular flexibility index (Phi) is 4.73. The van der Waals surface area contributed by atoms with Crippen molar-refractivity contribution in [3.63, 3.8) is 0 Å². The van der Waals surface area contributed by atoms with Gasteiger partial charge in [0.05, 0.1) is 12.6 Å². The van der Waals surface area contributed by atoms with Gasteiger partial charge in [0.25, 0.3) is 0 Å². The molecule has 1 unspecified atom stereocenters. The van der Waals surface area contributed by atoms with E-state index >= 15 is 0 Å². The van der Waals surface area contributed by atoms with Gasteiger partial charge in [0.2, 0.25) is 5.91 Å². The highest BCUT2D eigenvalue weighted by molar-refractivity contribution is 5.96. The molecule has 1 heterocycles. The standard InChI is InChI=1S/C15H21FN2O2/c1-10(2)17-8-13(19)9-18-14-7-12(16)5-3-11(14)4-6-15(18)20/h3,5,7,10,13,17,19H,4,6,8-9H2,1-2H3. The summed E-state index contributed by atoms with van der Waals surface area (Å²) in [6.45, 7) is 4.58. The van der Waals surface area contributed by atoms with Crippen molar-refractivity contribution in [3.05, 3.63) is 29.6 Å². The molecule has 1 aliphatic rings. The van der Waals surface area contributed by atoms with Crippen molar-refractivity contribution in [2.75, 3.05) is 18.0 Å².